The van der Waals surface area contributed by atoms with E-state index in [1.165, 1.54) is 24.1 Å². The quantitative estimate of drug-likeness (QED) is 0.800. The van der Waals surface area contributed by atoms with Gasteiger partial charge in [-0.05, 0) is 18.8 Å². The van der Waals surface area contributed by atoms with E-state index in [0.717, 1.165) is 29.8 Å². The highest BCUT2D eigenvalue weighted by Gasteiger charge is 2.21. The van der Waals surface area contributed by atoms with Crippen molar-refractivity contribution in [1.82, 2.24) is 10.3 Å². The highest BCUT2D eigenvalue weighted by molar-refractivity contribution is 7.15. The molecule has 0 aromatic carbocycles. The summed E-state index contributed by atoms with van der Waals surface area (Å²) in [5, 5.41) is 4.60. The molecule has 4 nitrogen and oxygen atoms in total. The SMILES string of the molecule is COCc1nc(N(C)CC2CCC2)sc1CNC(C)C. The standard InChI is InChI=1S/C15H27N3OS/c1-11(2)16-8-14-13(10-19-4)17-15(20-14)18(3)9-12-6-5-7-12/h11-12,16H,5-10H2,1-4H3. The van der Waals surface area contributed by atoms with Crippen molar-refractivity contribution in [1.29, 1.82) is 0 Å². The van der Waals surface area contributed by atoms with Crippen molar-refractivity contribution in [2.45, 2.75) is 52.3 Å². The smallest absolute Gasteiger partial charge is 0.185 e. The van der Waals surface area contributed by atoms with Crippen molar-refractivity contribution >= 4 is 16.5 Å². The van der Waals surface area contributed by atoms with Crippen molar-refractivity contribution in [2.75, 3.05) is 25.6 Å². The Balaban J connectivity index is 2.02. The number of anilines is 1. The fourth-order valence-electron chi connectivity index (χ4n) is 2.36. The number of ether oxygens (including phenoxy) is 1. The Morgan fingerprint density at radius 3 is 2.75 bits per heavy atom. The second-order valence-corrected chi connectivity index (χ2v) is 7.07. The summed E-state index contributed by atoms with van der Waals surface area (Å²) in [5.41, 5.74) is 1.08. The van der Waals surface area contributed by atoms with Gasteiger partial charge in [-0.25, -0.2) is 4.98 Å². The number of aromatic nitrogens is 1. The number of thiazole rings is 1. The molecule has 114 valence electrons. The summed E-state index contributed by atoms with van der Waals surface area (Å²) in [5.74, 6) is 0.868. The first-order chi connectivity index (χ1) is 9.60. The number of nitrogens with zero attached hydrogens (tertiary/aromatic N) is 2. The number of hydrogen-bond acceptors (Lipinski definition) is 5. The number of hydrogen-bond donors (Lipinski definition) is 1. The van der Waals surface area contributed by atoms with Crippen molar-refractivity contribution in [2.24, 2.45) is 5.92 Å². The summed E-state index contributed by atoms with van der Waals surface area (Å²) in [7, 11) is 3.89. The molecule has 20 heavy (non-hydrogen) atoms. The monoisotopic (exact) mass is 297 g/mol. The van der Waals surface area contributed by atoms with E-state index >= 15 is 0 Å². The average molecular weight is 297 g/mol. The lowest BCUT2D eigenvalue weighted by Crippen LogP contribution is -2.29. The van der Waals surface area contributed by atoms with Crippen molar-refractivity contribution in [3.8, 4) is 0 Å². The van der Waals surface area contributed by atoms with E-state index in [4.69, 9.17) is 9.72 Å². The fourth-order valence-corrected chi connectivity index (χ4v) is 3.34. The lowest BCUT2D eigenvalue weighted by molar-refractivity contribution is 0.181. The van der Waals surface area contributed by atoms with E-state index in [0.29, 0.717) is 12.6 Å². The molecule has 0 bridgehead atoms. The van der Waals surface area contributed by atoms with Crippen molar-refractivity contribution in [3.63, 3.8) is 0 Å². The Kier molecular flexibility index (Phi) is 5.81. The molecule has 2 rings (SSSR count). The minimum Gasteiger partial charge on any atom is -0.378 e. The molecule has 1 aliphatic carbocycles. The van der Waals surface area contributed by atoms with Crippen LogP contribution in [0.15, 0.2) is 0 Å². The number of nitrogens with one attached hydrogen (secondary N) is 1. The molecule has 1 saturated carbocycles. The fraction of sp³-hybridized carbons (Fsp3) is 0.800. The molecule has 1 heterocycles. The molecule has 0 radical (unpaired) electrons. The third kappa shape index (κ3) is 4.17. The summed E-state index contributed by atoms with van der Waals surface area (Å²) in [6.07, 6.45) is 4.15. The van der Waals surface area contributed by atoms with Gasteiger partial charge in [0.05, 0.1) is 12.3 Å². The minimum absolute atomic E-state index is 0.489. The molecule has 1 aromatic heterocycles. The molecule has 0 unspecified atom stereocenters. The summed E-state index contributed by atoms with van der Waals surface area (Å²) in [6.45, 7) is 6.95. The lowest BCUT2D eigenvalue weighted by atomic mass is 9.85. The molecule has 0 spiro atoms. The van der Waals surface area contributed by atoms with Crippen LogP contribution < -0.4 is 10.2 Å². The third-order valence-corrected chi connectivity index (χ3v) is 5.01. The largest absolute Gasteiger partial charge is 0.378 e. The summed E-state index contributed by atoms with van der Waals surface area (Å²) in [6, 6.07) is 0.489. The van der Waals surface area contributed by atoms with Gasteiger partial charge in [0, 0.05) is 38.2 Å². The van der Waals surface area contributed by atoms with Crippen LogP contribution in [0.5, 0.6) is 0 Å². The molecule has 1 N–H and O–H groups in total. The maximum absolute atomic E-state index is 5.28. The Morgan fingerprint density at radius 1 is 1.45 bits per heavy atom. The van der Waals surface area contributed by atoms with Crippen LogP contribution >= 0.6 is 11.3 Å². The summed E-state index contributed by atoms with van der Waals surface area (Å²) in [4.78, 5) is 8.38. The van der Waals surface area contributed by atoms with Crippen molar-refractivity contribution in [3.05, 3.63) is 10.6 Å². The predicted octanol–water partition coefficient (Wildman–Crippen LogP) is 3.02. The van der Waals surface area contributed by atoms with Crippen LogP contribution in [0.1, 0.15) is 43.7 Å². The third-order valence-electron chi connectivity index (χ3n) is 3.80. The van der Waals surface area contributed by atoms with Gasteiger partial charge in [0.25, 0.3) is 0 Å². The van der Waals surface area contributed by atoms with Gasteiger partial charge >= 0.3 is 0 Å². The summed E-state index contributed by atoms with van der Waals surface area (Å²) < 4.78 is 5.28. The number of methoxy groups -OCH3 is 1. The van der Waals surface area contributed by atoms with Crippen LogP contribution in [-0.2, 0) is 17.9 Å². The number of rotatable bonds is 8. The van der Waals surface area contributed by atoms with Gasteiger partial charge in [0.15, 0.2) is 5.13 Å². The Hall–Kier alpha value is -0.650. The highest BCUT2D eigenvalue weighted by atomic mass is 32.1. The zero-order valence-electron chi connectivity index (χ0n) is 13.1. The molecule has 1 aromatic rings. The zero-order valence-corrected chi connectivity index (χ0v) is 13.9. The van der Waals surface area contributed by atoms with Crippen LogP contribution in [0.4, 0.5) is 5.13 Å². The van der Waals surface area contributed by atoms with Crippen LogP contribution in [0, 0.1) is 5.92 Å². The van der Waals surface area contributed by atoms with Gasteiger partial charge in [-0.1, -0.05) is 20.3 Å². The van der Waals surface area contributed by atoms with E-state index in [1.807, 2.05) is 0 Å². The normalized spacial score (nSPS) is 15.7. The second-order valence-electron chi connectivity index (χ2n) is 6.01. The van der Waals surface area contributed by atoms with Gasteiger partial charge in [-0.2, -0.15) is 0 Å². The predicted molar refractivity (Wildman–Crippen MR) is 85.4 cm³/mol. The van der Waals surface area contributed by atoms with Gasteiger partial charge in [0.1, 0.15) is 0 Å². The van der Waals surface area contributed by atoms with Crippen LogP contribution in [0.2, 0.25) is 0 Å². The Labute approximate surface area is 126 Å². The van der Waals surface area contributed by atoms with Crippen LogP contribution in [-0.4, -0.2) is 31.7 Å². The molecule has 1 fully saturated rings. The van der Waals surface area contributed by atoms with E-state index in [1.54, 1.807) is 18.4 Å². The first-order valence-corrected chi connectivity index (χ1v) is 8.33. The molecule has 0 atom stereocenters. The molecule has 1 aliphatic rings. The molecule has 0 saturated heterocycles. The Bertz CT molecular complexity index is 415. The van der Waals surface area contributed by atoms with E-state index < -0.39 is 0 Å². The van der Waals surface area contributed by atoms with E-state index in [9.17, 15) is 0 Å². The average Bonchev–Trinajstić information content (AvgIpc) is 2.75. The van der Waals surface area contributed by atoms with Gasteiger partial charge < -0.3 is 15.0 Å². The molecular weight excluding hydrogens is 270 g/mol. The molecular formula is C15H27N3OS. The maximum atomic E-state index is 5.28. The Morgan fingerprint density at radius 2 is 2.20 bits per heavy atom. The summed E-state index contributed by atoms with van der Waals surface area (Å²) >= 11 is 1.80. The van der Waals surface area contributed by atoms with E-state index in [-0.39, 0.29) is 0 Å². The van der Waals surface area contributed by atoms with Gasteiger partial charge in [0.2, 0.25) is 0 Å². The van der Waals surface area contributed by atoms with Crippen LogP contribution in [0.25, 0.3) is 0 Å². The first-order valence-electron chi connectivity index (χ1n) is 7.52. The first kappa shape index (κ1) is 15.7. The second kappa shape index (κ2) is 7.38. The maximum Gasteiger partial charge on any atom is 0.185 e. The molecule has 0 amide bonds. The van der Waals surface area contributed by atoms with Gasteiger partial charge in [-0.3, -0.25) is 0 Å². The topological polar surface area (TPSA) is 37.4 Å². The van der Waals surface area contributed by atoms with E-state index in [2.05, 4.69) is 31.1 Å². The zero-order chi connectivity index (χ0) is 14.5. The lowest BCUT2D eigenvalue weighted by Gasteiger charge is -2.29. The molecule has 5 heteroatoms. The van der Waals surface area contributed by atoms with Crippen LogP contribution in [0.3, 0.4) is 0 Å². The minimum atomic E-state index is 0.489. The highest BCUT2D eigenvalue weighted by Crippen LogP contribution is 2.31. The molecule has 0 aliphatic heterocycles. The van der Waals surface area contributed by atoms with Crippen molar-refractivity contribution < 1.29 is 4.74 Å². The van der Waals surface area contributed by atoms with Gasteiger partial charge in [-0.15, -0.1) is 11.3 Å².